The van der Waals surface area contributed by atoms with Crippen molar-refractivity contribution in [2.45, 2.75) is 31.4 Å². The molecule has 29 heavy (non-hydrogen) atoms. The first-order valence-corrected chi connectivity index (χ1v) is 10.3. The van der Waals surface area contributed by atoms with E-state index in [2.05, 4.69) is 10.0 Å². The summed E-state index contributed by atoms with van der Waals surface area (Å²) in [7, 11) is -1.27. The maximum Gasteiger partial charge on any atom is 0.338 e. The Morgan fingerprint density at radius 3 is 2.34 bits per heavy atom. The lowest BCUT2D eigenvalue weighted by Crippen LogP contribution is -2.35. The quantitative estimate of drug-likeness (QED) is 0.630. The largest absolute Gasteiger partial charge is 0.495 e. The molecule has 0 unspecified atom stereocenters. The molecule has 1 amide bonds. The van der Waals surface area contributed by atoms with Crippen LogP contribution >= 0.6 is 0 Å². The molecule has 0 aliphatic rings. The molecule has 0 bridgehead atoms. The minimum atomic E-state index is -3.85. The number of methoxy groups -OCH3 is 1. The molecule has 0 saturated heterocycles. The van der Waals surface area contributed by atoms with E-state index in [1.54, 1.807) is 0 Å². The predicted octanol–water partition coefficient (Wildman–Crippen LogP) is 1.77. The summed E-state index contributed by atoms with van der Waals surface area (Å²) in [6, 6.07) is 11.5. The predicted molar refractivity (Wildman–Crippen MR) is 107 cm³/mol. The molecule has 156 valence electrons. The van der Waals surface area contributed by atoms with Gasteiger partial charge in [-0.15, -0.1) is 0 Å². The summed E-state index contributed by atoms with van der Waals surface area (Å²) in [5.41, 5.74) is 2.01. The summed E-state index contributed by atoms with van der Waals surface area (Å²) >= 11 is 0. The minimum Gasteiger partial charge on any atom is -0.495 e. The van der Waals surface area contributed by atoms with E-state index in [0.29, 0.717) is 6.54 Å². The summed E-state index contributed by atoms with van der Waals surface area (Å²) in [4.78, 5) is 24.4. The first-order chi connectivity index (χ1) is 13.7. The van der Waals surface area contributed by atoms with E-state index < -0.39 is 28.0 Å². The van der Waals surface area contributed by atoms with Crippen molar-refractivity contribution < 1.29 is 27.5 Å². The molecule has 0 fully saturated rings. The average molecular weight is 420 g/mol. The van der Waals surface area contributed by atoms with Crippen LogP contribution in [0.15, 0.2) is 47.4 Å². The second-order valence-corrected chi connectivity index (χ2v) is 8.18. The van der Waals surface area contributed by atoms with Crippen LogP contribution in [0.3, 0.4) is 0 Å². The Bertz CT molecular complexity index is 987. The van der Waals surface area contributed by atoms with Crippen molar-refractivity contribution in [2.24, 2.45) is 0 Å². The second kappa shape index (κ2) is 9.53. The van der Waals surface area contributed by atoms with E-state index in [9.17, 15) is 18.0 Å². The summed E-state index contributed by atoms with van der Waals surface area (Å²) in [5, 5.41) is 2.70. The zero-order chi connectivity index (χ0) is 21.6. The molecule has 0 heterocycles. The zero-order valence-electron chi connectivity index (χ0n) is 16.7. The van der Waals surface area contributed by atoms with Crippen LogP contribution in [0.5, 0.6) is 5.75 Å². The van der Waals surface area contributed by atoms with Gasteiger partial charge in [-0.2, -0.15) is 0 Å². The van der Waals surface area contributed by atoms with E-state index in [4.69, 9.17) is 9.47 Å². The molecule has 2 N–H and O–H groups in total. The van der Waals surface area contributed by atoms with Crippen LogP contribution in [0, 0.1) is 6.92 Å². The Kier molecular flexibility index (Phi) is 7.35. The second-order valence-electron chi connectivity index (χ2n) is 6.32. The van der Waals surface area contributed by atoms with Gasteiger partial charge in [0.15, 0.2) is 6.10 Å². The fraction of sp³-hybridized carbons (Fsp3) is 0.300. The molecule has 2 aromatic rings. The van der Waals surface area contributed by atoms with Crippen LogP contribution in [0.2, 0.25) is 0 Å². The van der Waals surface area contributed by atoms with Crippen LogP contribution in [-0.2, 0) is 26.1 Å². The normalized spacial score (nSPS) is 12.1. The highest BCUT2D eigenvalue weighted by Gasteiger charge is 2.23. The Morgan fingerprint density at radius 1 is 1.10 bits per heavy atom. The highest BCUT2D eigenvalue weighted by Crippen LogP contribution is 2.25. The summed E-state index contributed by atoms with van der Waals surface area (Å²) in [6.45, 7) is 3.71. The number of ether oxygens (including phenoxy) is 2. The van der Waals surface area contributed by atoms with Crippen molar-refractivity contribution in [1.29, 1.82) is 0 Å². The van der Waals surface area contributed by atoms with Crippen molar-refractivity contribution >= 4 is 21.9 Å². The van der Waals surface area contributed by atoms with E-state index in [0.717, 1.165) is 17.2 Å². The lowest BCUT2D eigenvalue weighted by molar-refractivity contribution is -0.129. The summed E-state index contributed by atoms with van der Waals surface area (Å²) in [5.74, 6) is -1.20. The topological polar surface area (TPSA) is 111 Å². The van der Waals surface area contributed by atoms with Crippen molar-refractivity contribution in [1.82, 2.24) is 10.0 Å². The van der Waals surface area contributed by atoms with Crippen molar-refractivity contribution in [2.75, 3.05) is 14.2 Å². The van der Waals surface area contributed by atoms with Gasteiger partial charge in [-0.1, -0.05) is 29.8 Å². The smallest absolute Gasteiger partial charge is 0.338 e. The van der Waals surface area contributed by atoms with Crippen molar-refractivity contribution in [3.05, 3.63) is 59.2 Å². The molecule has 0 radical (unpaired) electrons. The van der Waals surface area contributed by atoms with Gasteiger partial charge in [-0.25, -0.2) is 17.9 Å². The van der Waals surface area contributed by atoms with E-state index in [1.807, 2.05) is 31.2 Å². The summed E-state index contributed by atoms with van der Waals surface area (Å²) in [6.07, 6.45) is -1.06. The Hall–Kier alpha value is -2.91. The number of aryl methyl sites for hydroxylation is 1. The molecule has 9 heteroatoms. The maximum atomic E-state index is 12.4. The number of rotatable bonds is 8. The number of hydrogen-bond donors (Lipinski definition) is 2. The molecule has 1 atom stereocenters. The van der Waals surface area contributed by atoms with Gasteiger partial charge in [0.25, 0.3) is 5.91 Å². The monoisotopic (exact) mass is 420 g/mol. The van der Waals surface area contributed by atoms with Gasteiger partial charge in [0.1, 0.15) is 10.6 Å². The molecular formula is C20H24N2O6S. The third kappa shape index (κ3) is 5.78. The van der Waals surface area contributed by atoms with Gasteiger partial charge in [0.2, 0.25) is 10.0 Å². The van der Waals surface area contributed by atoms with Crippen molar-refractivity contribution in [3.63, 3.8) is 0 Å². The molecule has 0 saturated carbocycles. The zero-order valence-corrected chi connectivity index (χ0v) is 17.5. The van der Waals surface area contributed by atoms with Gasteiger partial charge in [-0.05, 0) is 44.7 Å². The number of amides is 1. The highest BCUT2D eigenvalue weighted by molar-refractivity contribution is 7.89. The molecule has 2 rings (SSSR count). The first-order valence-electron chi connectivity index (χ1n) is 8.83. The number of carbonyl (C=O) groups is 2. The minimum absolute atomic E-state index is 0.0159. The van der Waals surface area contributed by atoms with Crippen LogP contribution in [-0.4, -0.2) is 40.6 Å². The third-order valence-electron chi connectivity index (χ3n) is 4.20. The van der Waals surface area contributed by atoms with Gasteiger partial charge in [0.05, 0.1) is 12.7 Å². The number of carbonyl (C=O) groups excluding carboxylic acids is 2. The van der Waals surface area contributed by atoms with Crippen LogP contribution in [0.25, 0.3) is 0 Å². The number of nitrogens with one attached hydrogen (secondary N) is 2. The molecular weight excluding hydrogens is 396 g/mol. The van der Waals surface area contributed by atoms with Gasteiger partial charge in [0, 0.05) is 6.54 Å². The van der Waals surface area contributed by atoms with Gasteiger partial charge in [-0.3, -0.25) is 4.79 Å². The molecule has 0 aliphatic carbocycles. The van der Waals surface area contributed by atoms with Gasteiger partial charge >= 0.3 is 5.97 Å². The fourth-order valence-corrected chi connectivity index (χ4v) is 3.36. The molecule has 0 aromatic heterocycles. The summed E-state index contributed by atoms with van der Waals surface area (Å²) < 4.78 is 36.6. The Morgan fingerprint density at radius 2 is 1.76 bits per heavy atom. The van der Waals surface area contributed by atoms with E-state index in [-0.39, 0.29) is 16.2 Å². The molecule has 0 aliphatic heterocycles. The third-order valence-corrected chi connectivity index (χ3v) is 5.63. The SMILES string of the molecule is CNS(=O)(=O)c1cc(C(=O)O[C@@H](C)C(=O)NCc2ccc(C)cc2)ccc1OC. The first kappa shape index (κ1) is 22.4. The number of esters is 1. The Balaban J connectivity index is 2.05. The average Bonchev–Trinajstić information content (AvgIpc) is 2.72. The maximum absolute atomic E-state index is 12.4. The number of benzene rings is 2. The Labute approximate surface area is 170 Å². The van der Waals surface area contributed by atoms with Crippen molar-refractivity contribution in [3.8, 4) is 5.75 Å². The number of hydrogen-bond acceptors (Lipinski definition) is 6. The van der Waals surface area contributed by atoms with Crippen LogP contribution in [0.1, 0.15) is 28.4 Å². The fourth-order valence-electron chi connectivity index (χ4n) is 2.44. The van der Waals surface area contributed by atoms with E-state index in [1.165, 1.54) is 33.2 Å². The van der Waals surface area contributed by atoms with Gasteiger partial charge < -0.3 is 14.8 Å². The van der Waals surface area contributed by atoms with E-state index >= 15 is 0 Å². The molecule has 0 spiro atoms. The molecule has 8 nitrogen and oxygen atoms in total. The molecule has 2 aromatic carbocycles. The standard InChI is InChI=1S/C20H24N2O6S/c1-13-5-7-15(8-6-13)12-22-19(23)14(2)28-20(24)16-9-10-17(27-4)18(11-16)29(25,26)21-3/h5-11,14,21H,12H2,1-4H3,(H,22,23)/t14-/m0/s1. The lowest BCUT2D eigenvalue weighted by Gasteiger charge is -2.15. The van der Waals surface area contributed by atoms with Crippen LogP contribution in [0.4, 0.5) is 0 Å². The highest BCUT2D eigenvalue weighted by atomic mass is 32.2. The lowest BCUT2D eigenvalue weighted by atomic mass is 10.1. The number of sulfonamides is 1. The van der Waals surface area contributed by atoms with Crippen LogP contribution < -0.4 is 14.8 Å².